The number of ether oxygens (including phenoxy) is 1. The second-order valence-electron chi connectivity index (χ2n) is 6.59. The molecular formula is C18H23ClN2O3. The number of nitrogens with zero attached hydrogens (tertiary/aromatic N) is 2. The van der Waals surface area contributed by atoms with Crippen LogP contribution in [0, 0.1) is 5.92 Å². The van der Waals surface area contributed by atoms with Crippen molar-refractivity contribution in [3.05, 3.63) is 29.3 Å². The highest BCUT2D eigenvalue weighted by Crippen LogP contribution is 2.33. The Labute approximate surface area is 147 Å². The summed E-state index contributed by atoms with van der Waals surface area (Å²) in [6, 6.07) is 7.62. The average Bonchev–Trinajstić information content (AvgIpc) is 3.34. The molecule has 2 fully saturated rings. The van der Waals surface area contributed by atoms with Crippen LogP contribution in [0.2, 0.25) is 5.02 Å². The van der Waals surface area contributed by atoms with E-state index >= 15 is 0 Å². The van der Waals surface area contributed by atoms with Crippen LogP contribution in [0.1, 0.15) is 25.7 Å². The molecule has 130 valence electrons. The van der Waals surface area contributed by atoms with E-state index in [9.17, 15) is 9.59 Å². The largest absolute Gasteiger partial charge is 0.494 e. The molecule has 24 heavy (non-hydrogen) atoms. The minimum Gasteiger partial charge on any atom is -0.494 e. The molecule has 6 heteroatoms. The van der Waals surface area contributed by atoms with Gasteiger partial charge in [0.05, 0.1) is 12.5 Å². The molecule has 1 atom stereocenters. The first-order chi connectivity index (χ1) is 11.5. The van der Waals surface area contributed by atoms with Crippen molar-refractivity contribution < 1.29 is 14.3 Å². The number of halogens is 1. The standard InChI is InChI=1S/C18H23ClN2O3/c1-20(9-2-10-24-16-7-3-14(19)4-8-16)18(23)13-11-17(22)21(12-13)15-5-6-15/h3-4,7-8,13,15H,2,5-6,9-12H2,1H3/t13-/m0/s1. The van der Waals surface area contributed by atoms with Crippen molar-refractivity contribution in [3.8, 4) is 5.75 Å². The van der Waals surface area contributed by atoms with E-state index in [2.05, 4.69) is 0 Å². The smallest absolute Gasteiger partial charge is 0.227 e. The Bertz CT molecular complexity index is 601. The van der Waals surface area contributed by atoms with Crippen LogP contribution in [0.4, 0.5) is 0 Å². The first kappa shape index (κ1) is 17.1. The summed E-state index contributed by atoms with van der Waals surface area (Å²) in [5, 5.41) is 0.680. The van der Waals surface area contributed by atoms with E-state index in [1.54, 1.807) is 24.1 Å². The Hall–Kier alpha value is -1.75. The summed E-state index contributed by atoms with van der Waals surface area (Å²) in [6.45, 7) is 1.76. The molecule has 0 spiro atoms. The fourth-order valence-electron chi connectivity index (χ4n) is 3.08. The molecule has 2 amide bonds. The predicted molar refractivity (Wildman–Crippen MR) is 92.0 cm³/mol. The molecule has 5 nitrogen and oxygen atoms in total. The van der Waals surface area contributed by atoms with Gasteiger partial charge in [0.15, 0.2) is 0 Å². The van der Waals surface area contributed by atoms with Crippen LogP contribution in [-0.4, -0.2) is 54.4 Å². The number of hydrogen-bond donors (Lipinski definition) is 0. The summed E-state index contributed by atoms with van der Waals surface area (Å²) in [5.41, 5.74) is 0. The van der Waals surface area contributed by atoms with Crippen molar-refractivity contribution in [2.24, 2.45) is 5.92 Å². The Morgan fingerprint density at radius 1 is 1.33 bits per heavy atom. The van der Waals surface area contributed by atoms with E-state index in [0.29, 0.717) is 37.2 Å². The number of likely N-dealkylation sites (tertiary alicyclic amines) is 1. The summed E-state index contributed by atoms with van der Waals surface area (Å²) in [7, 11) is 1.80. The highest BCUT2D eigenvalue weighted by Gasteiger charge is 2.42. The molecule has 1 aliphatic carbocycles. The maximum atomic E-state index is 12.5. The molecule has 0 unspecified atom stereocenters. The molecule has 0 N–H and O–H groups in total. The summed E-state index contributed by atoms with van der Waals surface area (Å²) in [6.07, 6.45) is 3.29. The van der Waals surface area contributed by atoms with Gasteiger partial charge in [0.25, 0.3) is 0 Å². The van der Waals surface area contributed by atoms with Gasteiger partial charge in [0, 0.05) is 37.6 Å². The zero-order valence-corrected chi connectivity index (χ0v) is 14.7. The fourth-order valence-corrected chi connectivity index (χ4v) is 3.21. The average molecular weight is 351 g/mol. The SMILES string of the molecule is CN(CCCOc1ccc(Cl)cc1)C(=O)[C@H]1CC(=O)N(C2CC2)C1. The highest BCUT2D eigenvalue weighted by atomic mass is 35.5. The van der Waals surface area contributed by atoms with E-state index in [-0.39, 0.29) is 17.7 Å². The predicted octanol–water partition coefficient (Wildman–Crippen LogP) is 2.58. The van der Waals surface area contributed by atoms with Crippen LogP contribution in [0.5, 0.6) is 5.75 Å². The number of carbonyl (C=O) groups excluding carboxylic acids is 2. The molecule has 3 rings (SSSR count). The first-order valence-electron chi connectivity index (χ1n) is 8.47. The lowest BCUT2D eigenvalue weighted by molar-refractivity contribution is -0.134. The van der Waals surface area contributed by atoms with E-state index < -0.39 is 0 Å². The van der Waals surface area contributed by atoms with Gasteiger partial charge in [-0.25, -0.2) is 0 Å². The third-order valence-electron chi connectivity index (χ3n) is 4.59. The van der Waals surface area contributed by atoms with E-state index in [4.69, 9.17) is 16.3 Å². The topological polar surface area (TPSA) is 49.9 Å². The van der Waals surface area contributed by atoms with Crippen LogP contribution >= 0.6 is 11.6 Å². The first-order valence-corrected chi connectivity index (χ1v) is 8.85. The van der Waals surface area contributed by atoms with Gasteiger partial charge in [-0.1, -0.05) is 11.6 Å². The van der Waals surface area contributed by atoms with Gasteiger partial charge in [0.2, 0.25) is 11.8 Å². The molecule has 0 aromatic heterocycles. The summed E-state index contributed by atoms with van der Waals surface area (Å²) in [4.78, 5) is 28.0. The quantitative estimate of drug-likeness (QED) is 0.710. The van der Waals surface area contributed by atoms with E-state index in [0.717, 1.165) is 25.0 Å². The molecule has 1 aliphatic heterocycles. The molecule has 1 saturated carbocycles. The second kappa shape index (κ2) is 7.43. The maximum Gasteiger partial charge on any atom is 0.227 e. The number of hydrogen-bond acceptors (Lipinski definition) is 3. The number of amides is 2. The van der Waals surface area contributed by atoms with Crippen molar-refractivity contribution >= 4 is 23.4 Å². The van der Waals surface area contributed by atoms with Crippen molar-refractivity contribution in [1.29, 1.82) is 0 Å². The Kier molecular flexibility index (Phi) is 5.29. The van der Waals surface area contributed by atoms with Gasteiger partial charge in [0.1, 0.15) is 5.75 Å². The lowest BCUT2D eigenvalue weighted by Crippen LogP contribution is -2.36. The van der Waals surface area contributed by atoms with E-state index in [1.165, 1.54) is 0 Å². The summed E-state index contributed by atoms with van der Waals surface area (Å²) in [5.74, 6) is 0.795. The normalized spacial score (nSPS) is 20.3. The van der Waals surface area contributed by atoms with Crippen LogP contribution in [-0.2, 0) is 9.59 Å². The third-order valence-corrected chi connectivity index (χ3v) is 4.84. The van der Waals surface area contributed by atoms with Gasteiger partial charge in [-0.05, 0) is 43.5 Å². The van der Waals surface area contributed by atoms with Gasteiger partial charge >= 0.3 is 0 Å². The zero-order chi connectivity index (χ0) is 17.1. The monoisotopic (exact) mass is 350 g/mol. The number of rotatable bonds is 7. The van der Waals surface area contributed by atoms with Gasteiger partial charge in [-0.2, -0.15) is 0 Å². The molecule has 1 aromatic carbocycles. The van der Waals surface area contributed by atoms with Crippen molar-refractivity contribution in [1.82, 2.24) is 9.80 Å². The van der Waals surface area contributed by atoms with Crippen molar-refractivity contribution in [3.63, 3.8) is 0 Å². The van der Waals surface area contributed by atoms with Crippen LogP contribution in [0.15, 0.2) is 24.3 Å². The zero-order valence-electron chi connectivity index (χ0n) is 13.9. The Morgan fingerprint density at radius 3 is 2.71 bits per heavy atom. The number of benzene rings is 1. The highest BCUT2D eigenvalue weighted by molar-refractivity contribution is 6.30. The molecule has 0 bridgehead atoms. The molecule has 0 radical (unpaired) electrons. The Balaban J connectivity index is 1.38. The molecule has 1 saturated heterocycles. The van der Waals surface area contributed by atoms with Crippen LogP contribution in [0.3, 0.4) is 0 Å². The van der Waals surface area contributed by atoms with Gasteiger partial charge in [-0.15, -0.1) is 0 Å². The van der Waals surface area contributed by atoms with Crippen molar-refractivity contribution in [2.45, 2.75) is 31.7 Å². The maximum absolute atomic E-state index is 12.5. The Morgan fingerprint density at radius 2 is 2.04 bits per heavy atom. The summed E-state index contributed by atoms with van der Waals surface area (Å²) >= 11 is 5.83. The van der Waals surface area contributed by atoms with Gasteiger partial charge in [-0.3, -0.25) is 9.59 Å². The van der Waals surface area contributed by atoms with Crippen LogP contribution in [0.25, 0.3) is 0 Å². The molecule has 1 aromatic rings. The lowest BCUT2D eigenvalue weighted by Gasteiger charge is -2.21. The summed E-state index contributed by atoms with van der Waals surface area (Å²) < 4.78 is 5.63. The fraction of sp³-hybridized carbons (Fsp3) is 0.556. The third kappa shape index (κ3) is 4.20. The minimum absolute atomic E-state index is 0.0676. The van der Waals surface area contributed by atoms with Crippen LogP contribution < -0.4 is 4.74 Å². The van der Waals surface area contributed by atoms with E-state index in [1.807, 2.05) is 17.0 Å². The lowest BCUT2D eigenvalue weighted by atomic mass is 10.1. The molecular weight excluding hydrogens is 328 g/mol. The molecule has 2 aliphatic rings. The van der Waals surface area contributed by atoms with Gasteiger partial charge < -0.3 is 14.5 Å². The minimum atomic E-state index is -0.180. The molecule has 1 heterocycles. The van der Waals surface area contributed by atoms with Crippen molar-refractivity contribution in [2.75, 3.05) is 26.7 Å². The number of carbonyl (C=O) groups is 2. The second-order valence-corrected chi connectivity index (χ2v) is 7.03.